The number of nitrogens with one attached hydrogen (secondary N) is 1. The van der Waals surface area contributed by atoms with Gasteiger partial charge in [0.2, 0.25) is 0 Å². The number of benzene rings is 1. The second kappa shape index (κ2) is 5.77. The van der Waals surface area contributed by atoms with E-state index >= 15 is 0 Å². The van der Waals surface area contributed by atoms with Crippen LogP contribution in [0, 0.1) is 0 Å². The maximum atomic E-state index is 5.64. The van der Waals surface area contributed by atoms with Gasteiger partial charge >= 0.3 is 0 Å². The quantitative estimate of drug-likeness (QED) is 0.920. The van der Waals surface area contributed by atoms with Gasteiger partial charge in [0, 0.05) is 26.7 Å². The molecule has 1 fully saturated rings. The average molecular weight is 292 g/mol. The molecule has 3 rings (SSSR count). The number of thiazole rings is 1. The van der Waals surface area contributed by atoms with Crippen LogP contribution in [0.1, 0.15) is 24.4 Å². The second-order valence-corrected chi connectivity index (χ2v) is 6.37. The van der Waals surface area contributed by atoms with Crippen LogP contribution in [0.15, 0.2) is 24.3 Å². The molecule has 0 amide bonds. The Kier molecular flexibility index (Phi) is 4.03. The van der Waals surface area contributed by atoms with E-state index in [9.17, 15) is 0 Å². The fourth-order valence-electron chi connectivity index (χ4n) is 2.46. The summed E-state index contributed by atoms with van der Waals surface area (Å²) in [6.45, 7) is 4.39. The number of methoxy groups -OCH3 is 1. The van der Waals surface area contributed by atoms with Crippen molar-refractivity contribution in [2.45, 2.75) is 25.0 Å². The summed E-state index contributed by atoms with van der Waals surface area (Å²) < 4.78 is 12.3. The summed E-state index contributed by atoms with van der Waals surface area (Å²) >= 11 is 1.75. The van der Waals surface area contributed by atoms with Crippen molar-refractivity contribution in [3.05, 3.63) is 29.3 Å². The zero-order valence-corrected chi connectivity index (χ0v) is 12.7. The van der Waals surface area contributed by atoms with Crippen molar-refractivity contribution in [1.82, 2.24) is 10.3 Å². The minimum Gasteiger partial charge on any atom is -0.378 e. The molecule has 1 aliphatic heterocycles. The zero-order chi connectivity index (χ0) is 14.0. The molecular formula is C15H20N2O2S. The van der Waals surface area contributed by atoms with Crippen LogP contribution in [0.5, 0.6) is 0 Å². The van der Waals surface area contributed by atoms with Crippen LogP contribution < -0.4 is 5.32 Å². The second-order valence-electron chi connectivity index (χ2n) is 5.31. The van der Waals surface area contributed by atoms with Crippen LogP contribution >= 0.6 is 11.3 Å². The Hall–Kier alpha value is -1.01. The topological polar surface area (TPSA) is 43.4 Å². The molecule has 4 nitrogen and oxygen atoms in total. The highest BCUT2D eigenvalue weighted by Gasteiger charge is 2.35. The first-order chi connectivity index (χ1) is 9.72. The van der Waals surface area contributed by atoms with Crippen LogP contribution in [0.25, 0.3) is 10.2 Å². The summed E-state index contributed by atoms with van der Waals surface area (Å²) in [5.74, 6) is 0. The summed E-state index contributed by atoms with van der Waals surface area (Å²) in [7, 11) is 1.76. The van der Waals surface area contributed by atoms with Gasteiger partial charge in [0.05, 0.1) is 22.9 Å². The normalized spacial score (nSPS) is 24.3. The van der Waals surface area contributed by atoms with Gasteiger partial charge in [-0.1, -0.05) is 12.1 Å². The molecule has 0 spiro atoms. The third kappa shape index (κ3) is 2.72. The molecule has 2 atom stereocenters. The van der Waals surface area contributed by atoms with Crippen molar-refractivity contribution in [3.8, 4) is 0 Å². The molecule has 1 saturated heterocycles. The molecule has 1 aromatic heterocycles. The highest BCUT2D eigenvalue weighted by atomic mass is 32.1. The first-order valence-electron chi connectivity index (χ1n) is 6.94. The Morgan fingerprint density at radius 1 is 1.50 bits per heavy atom. The van der Waals surface area contributed by atoms with Crippen LogP contribution in [0.4, 0.5) is 0 Å². The Bertz CT molecular complexity index is 545. The number of aromatic nitrogens is 1. The maximum Gasteiger partial charge on any atom is 0.111 e. The molecule has 0 bridgehead atoms. The molecule has 2 heterocycles. The molecule has 20 heavy (non-hydrogen) atoms. The van der Waals surface area contributed by atoms with Crippen LogP contribution in [-0.4, -0.2) is 37.5 Å². The Morgan fingerprint density at radius 3 is 3.05 bits per heavy atom. The van der Waals surface area contributed by atoms with Crippen LogP contribution in [0.2, 0.25) is 0 Å². The van der Waals surface area contributed by atoms with Crippen molar-refractivity contribution in [3.63, 3.8) is 0 Å². The number of para-hydroxylation sites is 1. The fraction of sp³-hybridized carbons (Fsp3) is 0.533. The van der Waals surface area contributed by atoms with Crippen molar-refractivity contribution < 1.29 is 9.47 Å². The summed E-state index contributed by atoms with van der Waals surface area (Å²) in [5, 5.41) is 4.66. The number of nitrogens with zero attached hydrogens (tertiary/aromatic N) is 1. The Balaban J connectivity index is 1.68. The summed E-state index contributed by atoms with van der Waals surface area (Å²) in [6.07, 6.45) is 0.947. The smallest absolute Gasteiger partial charge is 0.111 e. The highest BCUT2D eigenvalue weighted by molar-refractivity contribution is 7.18. The van der Waals surface area contributed by atoms with Crippen molar-refractivity contribution in [2.24, 2.45) is 0 Å². The van der Waals surface area contributed by atoms with Gasteiger partial charge in [-0.2, -0.15) is 0 Å². The lowest BCUT2D eigenvalue weighted by Crippen LogP contribution is -2.43. The predicted molar refractivity (Wildman–Crippen MR) is 81.2 cm³/mol. The van der Waals surface area contributed by atoms with E-state index in [0.717, 1.165) is 30.1 Å². The summed E-state index contributed by atoms with van der Waals surface area (Å²) in [4.78, 5) is 4.69. The number of hydrogen-bond acceptors (Lipinski definition) is 5. The summed E-state index contributed by atoms with van der Waals surface area (Å²) in [5.41, 5.74) is 0.900. The predicted octanol–water partition coefficient (Wildman–Crippen LogP) is 2.75. The molecule has 2 aromatic rings. The lowest BCUT2D eigenvalue weighted by atomic mass is 10.0. The van der Waals surface area contributed by atoms with Gasteiger partial charge in [-0.3, -0.25) is 0 Å². The highest BCUT2D eigenvalue weighted by Crippen LogP contribution is 2.27. The van der Waals surface area contributed by atoms with Crippen LogP contribution in [0.3, 0.4) is 0 Å². The molecule has 1 aliphatic rings. The van der Waals surface area contributed by atoms with E-state index in [0.29, 0.717) is 6.61 Å². The lowest BCUT2D eigenvalue weighted by molar-refractivity contribution is -0.0172. The maximum absolute atomic E-state index is 5.64. The monoisotopic (exact) mass is 292 g/mol. The van der Waals surface area contributed by atoms with Gasteiger partial charge in [-0.25, -0.2) is 4.98 Å². The molecule has 0 aliphatic carbocycles. The first kappa shape index (κ1) is 13.9. The van der Waals surface area contributed by atoms with Gasteiger partial charge in [0.25, 0.3) is 0 Å². The molecule has 1 N–H and O–H groups in total. The standard InChI is InChI=1S/C15H20N2O2S/c1-11(16-9-15(18-2)7-8-19-10-15)14-17-12-5-3-4-6-13(12)20-14/h3-6,11,16H,7-10H2,1-2H3. The molecule has 2 unspecified atom stereocenters. The van der Waals surface area contributed by atoms with Gasteiger partial charge in [-0.15, -0.1) is 11.3 Å². The largest absolute Gasteiger partial charge is 0.378 e. The molecule has 0 radical (unpaired) electrons. The molecule has 108 valence electrons. The third-order valence-electron chi connectivity index (χ3n) is 3.91. The van der Waals surface area contributed by atoms with Crippen LogP contribution in [-0.2, 0) is 9.47 Å². The van der Waals surface area contributed by atoms with E-state index in [1.807, 2.05) is 6.07 Å². The fourth-order valence-corrected chi connectivity index (χ4v) is 3.46. The van der Waals surface area contributed by atoms with E-state index < -0.39 is 0 Å². The van der Waals surface area contributed by atoms with Crippen molar-refractivity contribution in [1.29, 1.82) is 0 Å². The summed E-state index contributed by atoms with van der Waals surface area (Å²) in [6, 6.07) is 8.48. The third-order valence-corrected chi connectivity index (χ3v) is 5.13. The van der Waals surface area contributed by atoms with Gasteiger partial charge in [0.1, 0.15) is 10.6 Å². The van der Waals surface area contributed by atoms with E-state index in [4.69, 9.17) is 14.5 Å². The van der Waals surface area contributed by atoms with E-state index in [2.05, 4.69) is 30.4 Å². The minimum atomic E-state index is -0.176. The first-order valence-corrected chi connectivity index (χ1v) is 7.76. The molecule has 1 aromatic carbocycles. The molecular weight excluding hydrogens is 272 g/mol. The zero-order valence-electron chi connectivity index (χ0n) is 11.9. The Labute approximate surface area is 123 Å². The number of ether oxygens (including phenoxy) is 2. The van der Waals surface area contributed by atoms with Gasteiger partial charge in [0.15, 0.2) is 0 Å². The van der Waals surface area contributed by atoms with E-state index in [1.165, 1.54) is 4.70 Å². The van der Waals surface area contributed by atoms with E-state index in [1.54, 1.807) is 18.4 Å². The molecule has 0 saturated carbocycles. The average Bonchev–Trinajstić information content (AvgIpc) is 3.12. The number of fused-ring (bicyclic) bond motifs is 1. The van der Waals surface area contributed by atoms with Crippen molar-refractivity contribution in [2.75, 3.05) is 26.9 Å². The van der Waals surface area contributed by atoms with E-state index in [-0.39, 0.29) is 11.6 Å². The lowest BCUT2D eigenvalue weighted by Gasteiger charge is -2.27. The Morgan fingerprint density at radius 2 is 2.35 bits per heavy atom. The van der Waals surface area contributed by atoms with Gasteiger partial charge < -0.3 is 14.8 Å². The SMILES string of the molecule is COC1(CNC(C)c2nc3ccccc3s2)CCOC1. The number of rotatable bonds is 5. The van der Waals surface area contributed by atoms with Gasteiger partial charge in [-0.05, 0) is 19.1 Å². The van der Waals surface area contributed by atoms with Crippen molar-refractivity contribution >= 4 is 21.6 Å². The molecule has 5 heteroatoms. The number of hydrogen-bond donors (Lipinski definition) is 1. The minimum absolute atomic E-state index is 0.176.